The summed E-state index contributed by atoms with van der Waals surface area (Å²) in [5.41, 5.74) is 0. The summed E-state index contributed by atoms with van der Waals surface area (Å²) in [6, 6.07) is 0. The highest BCUT2D eigenvalue weighted by atomic mass is 32.1. The van der Waals surface area contributed by atoms with Gasteiger partial charge in [-0.05, 0) is 21.0 Å². The van der Waals surface area contributed by atoms with Crippen LogP contribution in [-0.4, -0.2) is 72.1 Å². The van der Waals surface area contributed by atoms with E-state index in [4.69, 9.17) is 0 Å². The SMILES string of the molecule is Cc1nnc(CCNC(=O)[C@@H]2CC(=O)N(CCN(C)C)C2)s1. The van der Waals surface area contributed by atoms with Crippen molar-refractivity contribution in [2.75, 3.05) is 40.3 Å². The van der Waals surface area contributed by atoms with Crippen molar-refractivity contribution in [1.82, 2.24) is 25.3 Å². The van der Waals surface area contributed by atoms with E-state index >= 15 is 0 Å². The summed E-state index contributed by atoms with van der Waals surface area (Å²) in [5, 5.41) is 12.7. The standard InChI is InChI=1S/C14H23N5O2S/c1-10-16-17-12(22-10)4-5-15-14(21)11-8-13(20)19(9-11)7-6-18(2)3/h11H,4-9H2,1-3H3,(H,15,21)/t11-/m1/s1. The van der Waals surface area contributed by atoms with Crippen molar-refractivity contribution in [3.05, 3.63) is 10.0 Å². The largest absolute Gasteiger partial charge is 0.355 e. The molecule has 2 amide bonds. The smallest absolute Gasteiger partial charge is 0.225 e. The molecule has 0 aromatic carbocycles. The second-order valence-corrected chi connectivity index (χ2v) is 7.07. The maximum Gasteiger partial charge on any atom is 0.225 e. The minimum atomic E-state index is -0.231. The molecule has 0 unspecified atom stereocenters. The lowest BCUT2D eigenvalue weighted by atomic mass is 10.1. The van der Waals surface area contributed by atoms with Crippen molar-refractivity contribution in [1.29, 1.82) is 0 Å². The van der Waals surface area contributed by atoms with Crippen molar-refractivity contribution < 1.29 is 9.59 Å². The molecule has 0 saturated carbocycles. The van der Waals surface area contributed by atoms with Gasteiger partial charge in [-0.1, -0.05) is 0 Å². The predicted molar refractivity (Wildman–Crippen MR) is 84.6 cm³/mol. The molecule has 1 aliphatic rings. The van der Waals surface area contributed by atoms with Gasteiger partial charge < -0.3 is 15.1 Å². The van der Waals surface area contributed by atoms with Crippen molar-refractivity contribution in [2.45, 2.75) is 19.8 Å². The number of hydrogen-bond acceptors (Lipinski definition) is 6. The highest BCUT2D eigenvalue weighted by Gasteiger charge is 2.33. The summed E-state index contributed by atoms with van der Waals surface area (Å²) >= 11 is 1.54. The molecule has 2 heterocycles. The number of carbonyl (C=O) groups is 2. The average Bonchev–Trinajstić information content (AvgIpc) is 3.03. The molecule has 1 atom stereocenters. The van der Waals surface area contributed by atoms with Crippen molar-refractivity contribution in [3.63, 3.8) is 0 Å². The highest BCUT2D eigenvalue weighted by molar-refractivity contribution is 7.11. The summed E-state index contributed by atoms with van der Waals surface area (Å²) < 4.78 is 0. The number of carbonyl (C=O) groups excluding carboxylic acids is 2. The maximum atomic E-state index is 12.1. The molecule has 0 radical (unpaired) electrons. The first-order valence-corrected chi connectivity index (χ1v) is 8.26. The van der Waals surface area contributed by atoms with Gasteiger partial charge in [-0.2, -0.15) is 0 Å². The zero-order chi connectivity index (χ0) is 16.1. The zero-order valence-corrected chi connectivity index (χ0v) is 14.2. The van der Waals surface area contributed by atoms with Gasteiger partial charge in [-0.15, -0.1) is 21.5 Å². The Hall–Kier alpha value is -1.54. The van der Waals surface area contributed by atoms with Crippen LogP contribution in [-0.2, 0) is 16.0 Å². The number of likely N-dealkylation sites (N-methyl/N-ethyl adjacent to an activating group) is 1. The molecular weight excluding hydrogens is 302 g/mol. The fourth-order valence-electron chi connectivity index (χ4n) is 2.36. The third-order valence-electron chi connectivity index (χ3n) is 3.61. The number of amides is 2. The monoisotopic (exact) mass is 325 g/mol. The van der Waals surface area contributed by atoms with E-state index < -0.39 is 0 Å². The normalized spacial score (nSPS) is 18.3. The van der Waals surface area contributed by atoms with Gasteiger partial charge in [0.1, 0.15) is 10.0 Å². The second-order valence-electron chi connectivity index (χ2n) is 5.80. The molecule has 1 aromatic heterocycles. The van der Waals surface area contributed by atoms with Crippen LogP contribution in [0.25, 0.3) is 0 Å². The molecule has 1 aromatic rings. The molecule has 1 aliphatic heterocycles. The van der Waals surface area contributed by atoms with Crippen LogP contribution in [0.15, 0.2) is 0 Å². The molecule has 1 N–H and O–H groups in total. The highest BCUT2D eigenvalue weighted by Crippen LogP contribution is 2.17. The summed E-state index contributed by atoms with van der Waals surface area (Å²) in [4.78, 5) is 27.9. The van der Waals surface area contributed by atoms with Crippen LogP contribution >= 0.6 is 11.3 Å². The van der Waals surface area contributed by atoms with Gasteiger partial charge in [-0.3, -0.25) is 9.59 Å². The average molecular weight is 325 g/mol. The van der Waals surface area contributed by atoms with E-state index in [1.54, 1.807) is 16.2 Å². The van der Waals surface area contributed by atoms with Crippen molar-refractivity contribution in [2.24, 2.45) is 5.92 Å². The predicted octanol–water partition coefficient (Wildman–Crippen LogP) is -0.0847. The zero-order valence-electron chi connectivity index (χ0n) is 13.3. The van der Waals surface area contributed by atoms with E-state index in [-0.39, 0.29) is 17.7 Å². The quantitative estimate of drug-likeness (QED) is 0.758. The first kappa shape index (κ1) is 16.8. The van der Waals surface area contributed by atoms with E-state index in [0.717, 1.165) is 16.6 Å². The Labute approximate surface area is 134 Å². The molecule has 22 heavy (non-hydrogen) atoms. The Kier molecular flexibility index (Phi) is 5.84. The number of aromatic nitrogens is 2. The van der Waals surface area contributed by atoms with Crippen LogP contribution in [0, 0.1) is 12.8 Å². The molecule has 1 saturated heterocycles. The molecule has 7 nitrogen and oxygen atoms in total. The summed E-state index contributed by atoms with van der Waals surface area (Å²) in [6.45, 7) is 4.47. The van der Waals surface area contributed by atoms with Crippen molar-refractivity contribution in [3.8, 4) is 0 Å². The van der Waals surface area contributed by atoms with Crippen LogP contribution in [0.3, 0.4) is 0 Å². The van der Waals surface area contributed by atoms with Crippen LogP contribution in [0.2, 0.25) is 0 Å². The molecule has 0 bridgehead atoms. The fourth-order valence-corrected chi connectivity index (χ4v) is 3.07. The van der Waals surface area contributed by atoms with Crippen molar-refractivity contribution >= 4 is 23.2 Å². The molecule has 0 aliphatic carbocycles. The maximum absolute atomic E-state index is 12.1. The lowest BCUT2D eigenvalue weighted by Crippen LogP contribution is -2.36. The first-order chi connectivity index (χ1) is 10.5. The van der Waals surface area contributed by atoms with E-state index in [0.29, 0.717) is 32.5 Å². The lowest BCUT2D eigenvalue weighted by molar-refractivity contribution is -0.129. The number of nitrogens with one attached hydrogen (secondary N) is 1. The van der Waals surface area contributed by atoms with Gasteiger partial charge in [0.05, 0.1) is 5.92 Å². The Bertz CT molecular complexity index is 531. The van der Waals surface area contributed by atoms with Gasteiger partial charge >= 0.3 is 0 Å². The minimum absolute atomic E-state index is 0.0399. The molecule has 8 heteroatoms. The van der Waals surface area contributed by atoms with Crippen LogP contribution in [0.1, 0.15) is 16.4 Å². The third kappa shape index (κ3) is 4.74. The Morgan fingerprint density at radius 3 is 2.86 bits per heavy atom. The van der Waals surface area contributed by atoms with E-state index in [2.05, 4.69) is 15.5 Å². The molecule has 0 spiro atoms. The van der Waals surface area contributed by atoms with Gasteiger partial charge in [-0.25, -0.2) is 0 Å². The Balaban J connectivity index is 1.72. The van der Waals surface area contributed by atoms with Crippen LogP contribution < -0.4 is 5.32 Å². The summed E-state index contributed by atoms with van der Waals surface area (Å²) in [6.07, 6.45) is 0.999. The van der Waals surface area contributed by atoms with E-state index in [1.807, 2.05) is 25.9 Å². The topological polar surface area (TPSA) is 78.4 Å². The Morgan fingerprint density at radius 1 is 1.45 bits per heavy atom. The number of rotatable bonds is 7. The number of aryl methyl sites for hydroxylation is 1. The second kappa shape index (κ2) is 7.64. The molecule has 2 rings (SSSR count). The molecule has 122 valence electrons. The van der Waals surface area contributed by atoms with Gasteiger partial charge in [0.2, 0.25) is 11.8 Å². The minimum Gasteiger partial charge on any atom is -0.355 e. The van der Waals surface area contributed by atoms with Gasteiger partial charge in [0, 0.05) is 39.0 Å². The number of hydrogen-bond donors (Lipinski definition) is 1. The molecular formula is C14H23N5O2S. The van der Waals surface area contributed by atoms with Crippen LogP contribution in [0.4, 0.5) is 0 Å². The van der Waals surface area contributed by atoms with E-state index in [9.17, 15) is 9.59 Å². The number of likely N-dealkylation sites (tertiary alicyclic amines) is 1. The van der Waals surface area contributed by atoms with E-state index in [1.165, 1.54) is 0 Å². The Morgan fingerprint density at radius 2 is 2.23 bits per heavy atom. The fraction of sp³-hybridized carbons (Fsp3) is 0.714. The molecule has 1 fully saturated rings. The van der Waals surface area contributed by atoms with Gasteiger partial charge in [0.25, 0.3) is 0 Å². The lowest BCUT2D eigenvalue weighted by Gasteiger charge is -2.19. The first-order valence-electron chi connectivity index (χ1n) is 7.45. The number of nitrogens with zero attached hydrogens (tertiary/aromatic N) is 4. The van der Waals surface area contributed by atoms with Crippen LogP contribution in [0.5, 0.6) is 0 Å². The summed E-state index contributed by atoms with van der Waals surface area (Å²) in [5.74, 6) is -0.200. The van der Waals surface area contributed by atoms with Gasteiger partial charge in [0.15, 0.2) is 0 Å². The summed E-state index contributed by atoms with van der Waals surface area (Å²) in [7, 11) is 3.94. The third-order valence-corrected chi connectivity index (χ3v) is 4.51.